The molecule has 1 atom stereocenters. The van der Waals surface area contributed by atoms with Gasteiger partial charge in [0.25, 0.3) is 5.91 Å². The molecular weight excluding hydrogens is 350 g/mol. The van der Waals surface area contributed by atoms with Crippen molar-refractivity contribution in [2.45, 2.75) is 12.5 Å². The Balaban J connectivity index is 1.64. The summed E-state index contributed by atoms with van der Waals surface area (Å²) >= 11 is 0. The van der Waals surface area contributed by atoms with Crippen molar-refractivity contribution < 1.29 is 9.53 Å². The molecule has 1 unspecified atom stereocenters. The van der Waals surface area contributed by atoms with Gasteiger partial charge in [-0.2, -0.15) is 0 Å². The summed E-state index contributed by atoms with van der Waals surface area (Å²) in [7, 11) is 5.79. The lowest BCUT2D eigenvalue weighted by molar-refractivity contribution is 0.0783. The van der Waals surface area contributed by atoms with Gasteiger partial charge in [-0.25, -0.2) is 4.98 Å². The van der Waals surface area contributed by atoms with E-state index in [0.29, 0.717) is 11.6 Å². The third-order valence-electron chi connectivity index (χ3n) is 5.49. The van der Waals surface area contributed by atoms with Gasteiger partial charge in [0.05, 0.1) is 12.8 Å². The van der Waals surface area contributed by atoms with Gasteiger partial charge < -0.3 is 14.5 Å². The number of fused-ring (bicyclic) bond motifs is 1. The topological polar surface area (TPSA) is 45.7 Å². The van der Waals surface area contributed by atoms with Crippen molar-refractivity contribution in [1.29, 1.82) is 0 Å². The molecule has 0 radical (unpaired) electrons. The maximum Gasteiger partial charge on any atom is 0.253 e. The molecule has 3 aromatic rings. The Morgan fingerprint density at radius 3 is 2.71 bits per heavy atom. The molecule has 2 aromatic carbocycles. The van der Waals surface area contributed by atoms with Crippen molar-refractivity contribution in [3.63, 3.8) is 0 Å². The highest BCUT2D eigenvalue weighted by atomic mass is 16.5. The summed E-state index contributed by atoms with van der Waals surface area (Å²) in [5, 5.41) is 1.03. The zero-order valence-corrected chi connectivity index (χ0v) is 16.6. The summed E-state index contributed by atoms with van der Waals surface area (Å²) in [4.78, 5) is 21.9. The molecule has 0 aliphatic carbocycles. The van der Waals surface area contributed by atoms with Crippen LogP contribution in [-0.4, -0.2) is 61.0 Å². The fourth-order valence-corrected chi connectivity index (χ4v) is 3.79. The predicted octanol–water partition coefficient (Wildman–Crippen LogP) is 3.69. The van der Waals surface area contributed by atoms with E-state index in [4.69, 9.17) is 9.72 Å². The quantitative estimate of drug-likeness (QED) is 0.698. The fourth-order valence-electron chi connectivity index (χ4n) is 3.79. The highest BCUT2D eigenvalue weighted by molar-refractivity contribution is 5.96. The van der Waals surface area contributed by atoms with Crippen molar-refractivity contribution in [3.05, 3.63) is 60.2 Å². The SMILES string of the molecule is COc1cccc2ccc(-c3cccc(C(=O)N4CCC(N(C)C)C4)c3)nc12. The van der Waals surface area contributed by atoms with Crippen LogP contribution in [0, 0.1) is 0 Å². The number of hydrogen-bond acceptors (Lipinski definition) is 4. The van der Waals surface area contributed by atoms with Gasteiger partial charge in [0, 0.05) is 35.6 Å². The summed E-state index contributed by atoms with van der Waals surface area (Å²) in [6.07, 6.45) is 1.02. The number of benzene rings is 2. The van der Waals surface area contributed by atoms with Gasteiger partial charge in [-0.3, -0.25) is 4.79 Å². The second kappa shape index (κ2) is 7.60. The largest absolute Gasteiger partial charge is 0.494 e. The van der Waals surface area contributed by atoms with Crippen molar-refractivity contribution in [2.24, 2.45) is 0 Å². The van der Waals surface area contributed by atoms with E-state index in [1.54, 1.807) is 7.11 Å². The third kappa shape index (κ3) is 3.45. The molecule has 1 aromatic heterocycles. The van der Waals surface area contributed by atoms with Crippen LogP contribution in [-0.2, 0) is 0 Å². The number of amides is 1. The minimum absolute atomic E-state index is 0.0876. The number of rotatable bonds is 4. The van der Waals surface area contributed by atoms with Crippen LogP contribution < -0.4 is 4.74 Å². The zero-order chi connectivity index (χ0) is 19.7. The van der Waals surface area contributed by atoms with Crippen molar-refractivity contribution >= 4 is 16.8 Å². The predicted molar refractivity (Wildman–Crippen MR) is 112 cm³/mol. The molecule has 5 heteroatoms. The van der Waals surface area contributed by atoms with Gasteiger partial charge in [0.1, 0.15) is 11.3 Å². The van der Waals surface area contributed by atoms with Crippen LogP contribution in [0.5, 0.6) is 5.75 Å². The number of carbonyl (C=O) groups is 1. The Kier molecular flexibility index (Phi) is 5.01. The van der Waals surface area contributed by atoms with E-state index in [1.165, 1.54) is 0 Å². The van der Waals surface area contributed by atoms with Crippen molar-refractivity contribution in [3.8, 4) is 17.0 Å². The number of carbonyl (C=O) groups excluding carboxylic acids is 1. The average molecular weight is 375 g/mol. The molecular formula is C23H25N3O2. The summed E-state index contributed by atoms with van der Waals surface area (Å²) in [6, 6.07) is 18.1. The molecule has 4 rings (SSSR count). The molecule has 0 N–H and O–H groups in total. The Bertz CT molecular complexity index is 1020. The van der Waals surface area contributed by atoms with Crippen LogP contribution in [0.15, 0.2) is 54.6 Å². The number of likely N-dealkylation sites (N-methyl/N-ethyl adjacent to an activating group) is 1. The van der Waals surface area contributed by atoms with Gasteiger partial charge in [-0.05, 0) is 44.8 Å². The lowest BCUT2D eigenvalue weighted by Gasteiger charge is -2.20. The Morgan fingerprint density at radius 2 is 1.96 bits per heavy atom. The normalized spacial score (nSPS) is 16.7. The summed E-state index contributed by atoms with van der Waals surface area (Å²) in [5.41, 5.74) is 3.30. The van der Waals surface area contributed by atoms with Gasteiger partial charge in [0.15, 0.2) is 0 Å². The lowest BCUT2D eigenvalue weighted by atomic mass is 10.1. The molecule has 1 fully saturated rings. The number of aromatic nitrogens is 1. The number of nitrogens with zero attached hydrogens (tertiary/aromatic N) is 3. The van der Waals surface area contributed by atoms with E-state index in [9.17, 15) is 4.79 Å². The minimum Gasteiger partial charge on any atom is -0.494 e. The molecule has 144 valence electrons. The van der Waals surface area contributed by atoms with Gasteiger partial charge in [0.2, 0.25) is 0 Å². The summed E-state index contributed by atoms with van der Waals surface area (Å²) < 4.78 is 5.45. The number of hydrogen-bond donors (Lipinski definition) is 0. The molecule has 0 bridgehead atoms. The van der Waals surface area contributed by atoms with E-state index in [1.807, 2.05) is 59.5 Å². The Labute approximate surface area is 165 Å². The molecule has 1 aliphatic heterocycles. The van der Waals surface area contributed by atoms with Crippen LogP contribution in [0.25, 0.3) is 22.2 Å². The van der Waals surface area contributed by atoms with Crippen LogP contribution in [0.1, 0.15) is 16.8 Å². The molecule has 2 heterocycles. The van der Waals surface area contributed by atoms with Crippen LogP contribution in [0.3, 0.4) is 0 Å². The summed E-state index contributed by atoms with van der Waals surface area (Å²) in [6.45, 7) is 1.58. The number of pyridine rings is 1. The van der Waals surface area contributed by atoms with E-state index in [0.717, 1.165) is 47.4 Å². The smallest absolute Gasteiger partial charge is 0.253 e. The van der Waals surface area contributed by atoms with Crippen LogP contribution >= 0.6 is 0 Å². The highest BCUT2D eigenvalue weighted by Crippen LogP contribution is 2.28. The number of ether oxygens (including phenoxy) is 1. The minimum atomic E-state index is 0.0876. The molecule has 5 nitrogen and oxygen atoms in total. The van der Waals surface area contributed by atoms with Gasteiger partial charge in [-0.1, -0.05) is 30.3 Å². The van der Waals surface area contributed by atoms with E-state index >= 15 is 0 Å². The lowest BCUT2D eigenvalue weighted by Crippen LogP contribution is -2.34. The molecule has 1 saturated heterocycles. The Morgan fingerprint density at radius 1 is 1.14 bits per heavy atom. The standard InChI is InChI=1S/C23H25N3O2/c1-25(2)19-12-13-26(15-19)23(27)18-8-4-7-17(14-18)20-11-10-16-6-5-9-21(28-3)22(16)24-20/h4-11,14,19H,12-13,15H2,1-3H3. The number of likely N-dealkylation sites (tertiary alicyclic amines) is 1. The molecule has 28 heavy (non-hydrogen) atoms. The van der Waals surface area contributed by atoms with Crippen molar-refractivity contribution in [1.82, 2.24) is 14.8 Å². The first-order valence-electron chi connectivity index (χ1n) is 9.56. The maximum absolute atomic E-state index is 13.0. The molecule has 1 amide bonds. The second-order valence-corrected chi connectivity index (χ2v) is 7.47. The first kappa shape index (κ1) is 18.4. The van der Waals surface area contributed by atoms with E-state index in [2.05, 4.69) is 19.0 Å². The van der Waals surface area contributed by atoms with Crippen LogP contribution in [0.4, 0.5) is 0 Å². The first-order valence-corrected chi connectivity index (χ1v) is 9.56. The zero-order valence-electron chi connectivity index (χ0n) is 16.6. The molecule has 0 spiro atoms. The third-order valence-corrected chi connectivity index (χ3v) is 5.49. The monoisotopic (exact) mass is 375 g/mol. The van der Waals surface area contributed by atoms with Crippen LogP contribution in [0.2, 0.25) is 0 Å². The fraction of sp³-hybridized carbons (Fsp3) is 0.304. The average Bonchev–Trinajstić information content (AvgIpc) is 3.23. The van der Waals surface area contributed by atoms with E-state index < -0.39 is 0 Å². The number of para-hydroxylation sites is 1. The highest BCUT2D eigenvalue weighted by Gasteiger charge is 2.28. The van der Waals surface area contributed by atoms with Gasteiger partial charge >= 0.3 is 0 Å². The molecule has 0 saturated carbocycles. The Hall–Kier alpha value is -2.92. The summed E-state index contributed by atoms with van der Waals surface area (Å²) in [5.74, 6) is 0.836. The van der Waals surface area contributed by atoms with Crippen molar-refractivity contribution in [2.75, 3.05) is 34.3 Å². The first-order chi connectivity index (χ1) is 13.6. The molecule has 1 aliphatic rings. The maximum atomic E-state index is 13.0. The van der Waals surface area contributed by atoms with Gasteiger partial charge in [-0.15, -0.1) is 0 Å². The second-order valence-electron chi connectivity index (χ2n) is 7.47. The number of methoxy groups -OCH3 is 1. The van der Waals surface area contributed by atoms with E-state index in [-0.39, 0.29) is 5.91 Å².